The molecule has 9 nitrogen and oxygen atoms in total. The summed E-state index contributed by atoms with van der Waals surface area (Å²) in [4.78, 5) is 13.1. The Hall–Kier alpha value is -4.47. The molecule has 1 heterocycles. The van der Waals surface area contributed by atoms with Crippen LogP contribution in [0.1, 0.15) is 35.4 Å². The van der Waals surface area contributed by atoms with Crippen molar-refractivity contribution in [3.63, 3.8) is 0 Å². The number of hydrogen-bond acceptors (Lipinski definition) is 8. The number of nitrogens with zero attached hydrogens (tertiary/aromatic N) is 1. The molecule has 0 aliphatic carbocycles. The molecule has 1 amide bonds. The van der Waals surface area contributed by atoms with Crippen LogP contribution in [0.4, 0.5) is 4.79 Å². The minimum atomic E-state index is -1.19. The quantitative estimate of drug-likeness (QED) is 0.170. The van der Waals surface area contributed by atoms with Gasteiger partial charge in [0.15, 0.2) is 0 Å². The predicted molar refractivity (Wildman–Crippen MR) is 169 cm³/mol. The van der Waals surface area contributed by atoms with Crippen molar-refractivity contribution >= 4 is 16.9 Å². The lowest BCUT2D eigenvalue weighted by Gasteiger charge is -2.40. The molecule has 4 aromatic carbocycles. The zero-order chi connectivity index (χ0) is 31.6. The Morgan fingerprint density at radius 2 is 1.56 bits per heavy atom. The standard InChI is InChI=1S/C36H41NO8/c1-40-32-12-7-4-9-26(32)23-43-19-8-20-44-28-15-13-25(14-16-28)29-17-18-37(36(38)39)22-34(29)45-24-27-21-33(41-2)30-10-5-6-11-31(30)35(27)42-3/h4-7,9-16,21,29,34H,8,17-20,22-24H2,1-3H3,(H,38,39)/p-1. The first-order valence-corrected chi connectivity index (χ1v) is 15.1. The molecule has 0 saturated carbocycles. The lowest BCUT2D eigenvalue weighted by molar-refractivity contribution is -0.268. The first-order chi connectivity index (χ1) is 22.0. The minimum absolute atomic E-state index is 0.00799. The van der Waals surface area contributed by atoms with Crippen LogP contribution in [-0.4, -0.2) is 64.7 Å². The fourth-order valence-corrected chi connectivity index (χ4v) is 5.88. The van der Waals surface area contributed by atoms with E-state index in [4.69, 9.17) is 28.4 Å². The van der Waals surface area contributed by atoms with Gasteiger partial charge in [-0.2, -0.15) is 0 Å². The van der Waals surface area contributed by atoms with Crippen LogP contribution < -0.4 is 24.1 Å². The Labute approximate surface area is 264 Å². The monoisotopic (exact) mass is 614 g/mol. The second kappa shape index (κ2) is 15.5. The average molecular weight is 615 g/mol. The van der Waals surface area contributed by atoms with E-state index in [1.54, 1.807) is 21.3 Å². The van der Waals surface area contributed by atoms with Gasteiger partial charge in [-0.25, -0.2) is 0 Å². The molecule has 0 aromatic heterocycles. The molecule has 9 heteroatoms. The van der Waals surface area contributed by atoms with Crippen LogP contribution in [0.3, 0.4) is 0 Å². The molecule has 0 bridgehead atoms. The number of benzene rings is 4. The van der Waals surface area contributed by atoms with Crippen LogP contribution >= 0.6 is 0 Å². The molecule has 2 unspecified atom stereocenters. The van der Waals surface area contributed by atoms with E-state index in [0.29, 0.717) is 38.5 Å². The lowest BCUT2D eigenvalue weighted by Crippen LogP contribution is -2.51. The van der Waals surface area contributed by atoms with E-state index in [9.17, 15) is 9.90 Å². The van der Waals surface area contributed by atoms with Gasteiger partial charge in [0.05, 0.1) is 53.9 Å². The molecule has 1 saturated heterocycles. The first-order valence-electron chi connectivity index (χ1n) is 15.1. The second-order valence-electron chi connectivity index (χ2n) is 10.9. The number of para-hydroxylation sites is 1. The smallest absolute Gasteiger partial charge is 0.137 e. The lowest BCUT2D eigenvalue weighted by atomic mass is 9.87. The highest BCUT2D eigenvalue weighted by Crippen LogP contribution is 2.38. The van der Waals surface area contributed by atoms with E-state index in [-0.39, 0.29) is 25.2 Å². The Morgan fingerprint density at radius 3 is 2.29 bits per heavy atom. The number of carbonyl (C=O) groups excluding carboxylic acids is 1. The summed E-state index contributed by atoms with van der Waals surface area (Å²) in [6.07, 6.45) is -0.216. The SMILES string of the molecule is COc1ccccc1COCCCOc1ccc(C2CCN(C(=O)[O-])CC2OCc2cc(OC)c3ccccc3c2OC)cc1. The van der Waals surface area contributed by atoms with Gasteiger partial charge in [0.25, 0.3) is 0 Å². The maximum absolute atomic E-state index is 11.8. The summed E-state index contributed by atoms with van der Waals surface area (Å²) in [6.45, 7) is 2.41. The van der Waals surface area contributed by atoms with E-state index in [0.717, 1.165) is 51.1 Å². The van der Waals surface area contributed by atoms with Crippen LogP contribution in [0.2, 0.25) is 0 Å². The van der Waals surface area contributed by atoms with Crippen LogP contribution in [0.5, 0.6) is 23.0 Å². The average Bonchev–Trinajstić information content (AvgIpc) is 3.08. The Kier molecular flexibility index (Phi) is 11.0. The third-order valence-electron chi connectivity index (χ3n) is 8.19. The van der Waals surface area contributed by atoms with Crippen LogP contribution in [0, 0.1) is 0 Å². The predicted octanol–water partition coefficient (Wildman–Crippen LogP) is 5.57. The summed E-state index contributed by atoms with van der Waals surface area (Å²) in [5.74, 6) is 3.01. The highest BCUT2D eigenvalue weighted by atomic mass is 16.5. The summed E-state index contributed by atoms with van der Waals surface area (Å²) in [7, 11) is 4.93. The molecule has 0 radical (unpaired) electrons. The molecule has 4 aromatic rings. The number of ether oxygens (including phenoxy) is 6. The second-order valence-corrected chi connectivity index (χ2v) is 10.9. The molecule has 0 spiro atoms. The number of piperidine rings is 1. The zero-order valence-corrected chi connectivity index (χ0v) is 26.0. The van der Waals surface area contributed by atoms with Gasteiger partial charge in [-0.05, 0) is 36.2 Å². The largest absolute Gasteiger partial charge is 0.530 e. The summed E-state index contributed by atoms with van der Waals surface area (Å²) in [5, 5.41) is 13.6. The molecule has 0 N–H and O–H groups in total. The van der Waals surface area contributed by atoms with Gasteiger partial charge in [0, 0.05) is 47.3 Å². The molecular formula is C36H40NO8-. The zero-order valence-electron chi connectivity index (χ0n) is 26.0. The van der Waals surface area contributed by atoms with Crippen molar-refractivity contribution in [1.29, 1.82) is 0 Å². The molecule has 45 heavy (non-hydrogen) atoms. The normalized spacial score (nSPS) is 16.4. The number of carbonyl (C=O) groups is 1. The van der Waals surface area contributed by atoms with E-state index in [2.05, 4.69) is 0 Å². The molecule has 1 aliphatic heterocycles. The fraction of sp³-hybridized carbons (Fsp3) is 0.361. The van der Waals surface area contributed by atoms with Gasteiger partial charge in [-0.3, -0.25) is 0 Å². The fourth-order valence-electron chi connectivity index (χ4n) is 5.88. The molecule has 2 atom stereocenters. The highest BCUT2D eigenvalue weighted by Gasteiger charge is 2.32. The van der Waals surface area contributed by atoms with Gasteiger partial charge in [-0.15, -0.1) is 0 Å². The van der Waals surface area contributed by atoms with Gasteiger partial charge >= 0.3 is 0 Å². The highest BCUT2D eigenvalue weighted by molar-refractivity contribution is 5.94. The Balaban J connectivity index is 1.20. The summed E-state index contributed by atoms with van der Waals surface area (Å²) in [6, 6.07) is 25.6. The number of rotatable bonds is 14. The molecule has 5 rings (SSSR count). The van der Waals surface area contributed by atoms with Crippen molar-refractivity contribution in [1.82, 2.24) is 4.90 Å². The van der Waals surface area contributed by atoms with Gasteiger partial charge in [0.1, 0.15) is 29.1 Å². The first kappa shape index (κ1) is 31.9. The van der Waals surface area contributed by atoms with E-state index in [1.165, 1.54) is 4.90 Å². The van der Waals surface area contributed by atoms with Crippen LogP contribution in [0.15, 0.2) is 78.9 Å². The summed E-state index contributed by atoms with van der Waals surface area (Å²) < 4.78 is 35.0. The third-order valence-corrected chi connectivity index (χ3v) is 8.19. The number of carboxylic acid groups (broad SMARTS) is 1. The number of fused-ring (bicyclic) bond motifs is 1. The third kappa shape index (κ3) is 7.79. The molecule has 238 valence electrons. The molecular weight excluding hydrogens is 574 g/mol. The van der Waals surface area contributed by atoms with Crippen LogP contribution in [-0.2, 0) is 22.7 Å². The maximum atomic E-state index is 11.8. The van der Waals surface area contributed by atoms with Crippen molar-refractivity contribution in [3.8, 4) is 23.0 Å². The van der Waals surface area contributed by atoms with Gasteiger partial charge in [-0.1, -0.05) is 54.6 Å². The van der Waals surface area contributed by atoms with Crippen LogP contribution in [0.25, 0.3) is 10.8 Å². The van der Waals surface area contributed by atoms with Crippen molar-refractivity contribution in [2.75, 3.05) is 47.6 Å². The minimum Gasteiger partial charge on any atom is -0.530 e. The topological polar surface area (TPSA) is 98.8 Å². The number of methoxy groups -OCH3 is 3. The van der Waals surface area contributed by atoms with Crippen molar-refractivity contribution in [2.24, 2.45) is 0 Å². The Morgan fingerprint density at radius 1 is 0.822 bits per heavy atom. The summed E-state index contributed by atoms with van der Waals surface area (Å²) >= 11 is 0. The molecule has 1 fully saturated rings. The van der Waals surface area contributed by atoms with Crippen molar-refractivity contribution in [2.45, 2.75) is 38.1 Å². The van der Waals surface area contributed by atoms with E-state index >= 15 is 0 Å². The van der Waals surface area contributed by atoms with E-state index < -0.39 is 6.09 Å². The van der Waals surface area contributed by atoms with Gasteiger partial charge < -0.3 is 43.2 Å². The van der Waals surface area contributed by atoms with Crippen molar-refractivity contribution in [3.05, 3.63) is 95.6 Å². The molecule has 1 aliphatic rings. The number of hydrogen-bond donors (Lipinski definition) is 0. The Bertz CT molecular complexity index is 1560. The number of amides is 1. The summed E-state index contributed by atoms with van der Waals surface area (Å²) in [5.41, 5.74) is 2.90. The van der Waals surface area contributed by atoms with E-state index in [1.807, 2.05) is 78.9 Å². The van der Waals surface area contributed by atoms with Crippen molar-refractivity contribution < 1.29 is 38.3 Å². The maximum Gasteiger partial charge on any atom is 0.137 e. The van der Waals surface area contributed by atoms with Gasteiger partial charge in [0.2, 0.25) is 0 Å². The number of likely N-dealkylation sites (tertiary alicyclic amines) is 1.